The largest absolute Gasteiger partial charge is 0.392 e. The average molecular weight is 212 g/mol. The molecule has 1 aromatic rings. The summed E-state index contributed by atoms with van der Waals surface area (Å²) in [5.74, 6) is 0.485. The van der Waals surface area contributed by atoms with Crippen molar-refractivity contribution in [3.05, 3.63) is 29.0 Å². The number of aliphatic hydroxyl groups excluding tert-OH is 1. The molecule has 3 heteroatoms. The number of aromatic nitrogens is 1. The zero-order valence-electron chi connectivity index (χ0n) is 7.99. The van der Waals surface area contributed by atoms with E-state index < -0.39 is 0 Å². The van der Waals surface area contributed by atoms with Crippen molar-refractivity contribution in [1.29, 1.82) is 0 Å². The van der Waals surface area contributed by atoms with Gasteiger partial charge in [-0.25, -0.2) is 0 Å². The lowest BCUT2D eigenvalue weighted by Crippen LogP contribution is -2.28. The highest BCUT2D eigenvalue weighted by Crippen LogP contribution is 2.31. The summed E-state index contributed by atoms with van der Waals surface area (Å²) in [5.41, 5.74) is 1.00. The molecule has 0 amide bonds. The second kappa shape index (κ2) is 4.28. The van der Waals surface area contributed by atoms with Gasteiger partial charge in [0.15, 0.2) is 0 Å². The summed E-state index contributed by atoms with van der Waals surface area (Å²) >= 11 is 5.96. The van der Waals surface area contributed by atoms with Crippen molar-refractivity contribution in [3.63, 3.8) is 0 Å². The average Bonchev–Trinajstić information content (AvgIpc) is 2.05. The highest BCUT2D eigenvalue weighted by molar-refractivity contribution is 6.31. The number of hydrogen-bond acceptors (Lipinski definition) is 2. The van der Waals surface area contributed by atoms with Gasteiger partial charge in [-0.2, -0.15) is 0 Å². The van der Waals surface area contributed by atoms with Gasteiger partial charge in [-0.15, -0.1) is 0 Å². The molecule has 1 N–H and O–H groups in total. The highest BCUT2D eigenvalue weighted by Gasteiger charge is 2.25. The zero-order chi connectivity index (χ0) is 9.97. The molecule has 2 nitrogen and oxygen atoms in total. The van der Waals surface area contributed by atoms with Gasteiger partial charge in [-0.3, -0.25) is 4.98 Å². The van der Waals surface area contributed by atoms with Crippen LogP contribution in [-0.2, 0) is 6.42 Å². The van der Waals surface area contributed by atoms with Crippen LogP contribution in [0.25, 0.3) is 0 Å². The van der Waals surface area contributed by atoms with E-state index >= 15 is 0 Å². The Bertz CT molecular complexity index is 312. The first kappa shape index (κ1) is 9.94. The van der Waals surface area contributed by atoms with Gasteiger partial charge in [0.05, 0.1) is 11.1 Å². The maximum atomic E-state index is 9.87. The van der Waals surface area contributed by atoms with E-state index in [1.54, 1.807) is 12.4 Å². The molecule has 1 unspecified atom stereocenters. The van der Waals surface area contributed by atoms with Gasteiger partial charge in [0, 0.05) is 18.8 Å². The van der Waals surface area contributed by atoms with E-state index in [4.69, 9.17) is 11.6 Å². The molecule has 0 spiro atoms. The van der Waals surface area contributed by atoms with Gasteiger partial charge in [-0.1, -0.05) is 18.0 Å². The first-order valence-electron chi connectivity index (χ1n) is 5.04. The van der Waals surface area contributed by atoms with E-state index in [9.17, 15) is 5.11 Å². The molecular weight excluding hydrogens is 198 g/mol. The van der Waals surface area contributed by atoms with Crippen LogP contribution < -0.4 is 0 Å². The lowest BCUT2D eigenvalue weighted by molar-refractivity contribution is 0.0630. The number of nitrogens with zero attached hydrogens (tertiary/aromatic N) is 1. The second-order valence-electron chi connectivity index (χ2n) is 3.93. The summed E-state index contributed by atoms with van der Waals surface area (Å²) in [7, 11) is 0. The molecule has 0 radical (unpaired) electrons. The lowest BCUT2D eigenvalue weighted by Gasteiger charge is -2.30. The van der Waals surface area contributed by atoms with Crippen molar-refractivity contribution in [1.82, 2.24) is 4.98 Å². The van der Waals surface area contributed by atoms with Crippen molar-refractivity contribution in [2.45, 2.75) is 31.8 Å². The van der Waals surface area contributed by atoms with E-state index in [1.807, 2.05) is 6.07 Å². The molecule has 0 saturated heterocycles. The first-order chi connectivity index (χ1) is 6.77. The molecule has 0 aromatic carbocycles. The van der Waals surface area contributed by atoms with E-state index in [-0.39, 0.29) is 6.10 Å². The number of hydrogen-bond donors (Lipinski definition) is 1. The van der Waals surface area contributed by atoms with Crippen LogP contribution in [0.5, 0.6) is 0 Å². The maximum Gasteiger partial charge on any atom is 0.0622 e. The summed E-state index contributed by atoms with van der Waals surface area (Å²) in [5, 5.41) is 10.5. The van der Waals surface area contributed by atoms with E-state index in [2.05, 4.69) is 4.98 Å². The molecule has 0 aliphatic heterocycles. The number of aliphatic hydroxyl groups is 1. The molecule has 1 heterocycles. The number of rotatable bonds is 3. The summed E-state index contributed by atoms with van der Waals surface area (Å²) in [6, 6.07) is 1.88. The monoisotopic (exact) mass is 211 g/mol. The number of halogens is 1. The van der Waals surface area contributed by atoms with Crippen LogP contribution in [0.1, 0.15) is 24.8 Å². The predicted octanol–water partition coefficient (Wildman–Crippen LogP) is 2.44. The fourth-order valence-electron chi connectivity index (χ4n) is 1.79. The Hall–Kier alpha value is -0.600. The van der Waals surface area contributed by atoms with E-state index in [0.29, 0.717) is 17.4 Å². The van der Waals surface area contributed by atoms with Crippen molar-refractivity contribution in [2.24, 2.45) is 5.92 Å². The van der Waals surface area contributed by atoms with Crippen LogP contribution in [-0.4, -0.2) is 16.2 Å². The minimum absolute atomic E-state index is 0.233. The Morgan fingerprint density at radius 1 is 1.57 bits per heavy atom. The molecule has 0 bridgehead atoms. The van der Waals surface area contributed by atoms with Gasteiger partial charge in [0.25, 0.3) is 0 Å². The Morgan fingerprint density at radius 2 is 2.36 bits per heavy atom. The fourth-order valence-corrected chi connectivity index (χ4v) is 1.98. The van der Waals surface area contributed by atoms with Crippen LogP contribution in [0.3, 0.4) is 0 Å². The maximum absolute atomic E-state index is 9.87. The SMILES string of the molecule is OC(Cc1ccncc1Cl)C1CCC1. The molecule has 1 atom stereocenters. The molecule has 76 valence electrons. The summed E-state index contributed by atoms with van der Waals surface area (Å²) < 4.78 is 0. The van der Waals surface area contributed by atoms with Crippen molar-refractivity contribution in [2.75, 3.05) is 0 Å². The molecule has 1 aliphatic rings. The van der Waals surface area contributed by atoms with Crippen LogP contribution in [0.2, 0.25) is 5.02 Å². The Morgan fingerprint density at radius 3 is 2.93 bits per heavy atom. The molecule has 2 rings (SSSR count). The van der Waals surface area contributed by atoms with Crippen LogP contribution in [0, 0.1) is 5.92 Å². The summed E-state index contributed by atoms with van der Waals surface area (Å²) in [6.07, 6.45) is 7.34. The molecule has 1 aliphatic carbocycles. The second-order valence-corrected chi connectivity index (χ2v) is 4.34. The first-order valence-corrected chi connectivity index (χ1v) is 5.41. The smallest absolute Gasteiger partial charge is 0.0622 e. The minimum atomic E-state index is -0.233. The molecule has 1 aromatic heterocycles. The Kier molecular flexibility index (Phi) is 3.04. The van der Waals surface area contributed by atoms with Gasteiger partial charge >= 0.3 is 0 Å². The Labute approximate surface area is 88.9 Å². The molecule has 1 saturated carbocycles. The predicted molar refractivity (Wildman–Crippen MR) is 56.3 cm³/mol. The topological polar surface area (TPSA) is 33.1 Å². The minimum Gasteiger partial charge on any atom is -0.392 e. The van der Waals surface area contributed by atoms with E-state index in [0.717, 1.165) is 18.4 Å². The van der Waals surface area contributed by atoms with Gasteiger partial charge in [-0.05, 0) is 30.4 Å². The molecule has 1 fully saturated rings. The third-order valence-electron chi connectivity index (χ3n) is 2.98. The molecular formula is C11H14ClNO. The lowest BCUT2D eigenvalue weighted by atomic mass is 9.79. The Balaban J connectivity index is 1.99. The van der Waals surface area contributed by atoms with Crippen LogP contribution >= 0.6 is 11.6 Å². The summed E-state index contributed by atoms with van der Waals surface area (Å²) in [4.78, 5) is 3.92. The van der Waals surface area contributed by atoms with Crippen LogP contribution in [0.4, 0.5) is 0 Å². The van der Waals surface area contributed by atoms with Gasteiger partial charge in [0.1, 0.15) is 0 Å². The quantitative estimate of drug-likeness (QED) is 0.833. The zero-order valence-corrected chi connectivity index (χ0v) is 8.74. The fraction of sp³-hybridized carbons (Fsp3) is 0.545. The normalized spacial score (nSPS) is 19.0. The van der Waals surface area contributed by atoms with Crippen molar-refractivity contribution in [3.8, 4) is 0 Å². The van der Waals surface area contributed by atoms with Gasteiger partial charge in [0.2, 0.25) is 0 Å². The van der Waals surface area contributed by atoms with Crippen molar-refractivity contribution >= 4 is 11.6 Å². The highest BCUT2D eigenvalue weighted by atomic mass is 35.5. The third-order valence-corrected chi connectivity index (χ3v) is 3.32. The molecule has 14 heavy (non-hydrogen) atoms. The number of pyridine rings is 1. The standard InChI is InChI=1S/C11H14ClNO/c12-10-7-13-5-4-9(10)6-11(14)8-2-1-3-8/h4-5,7-8,11,14H,1-3,6H2. The third kappa shape index (κ3) is 2.07. The van der Waals surface area contributed by atoms with Crippen molar-refractivity contribution < 1.29 is 5.11 Å². The van der Waals surface area contributed by atoms with E-state index in [1.165, 1.54) is 6.42 Å². The van der Waals surface area contributed by atoms with Crippen LogP contribution in [0.15, 0.2) is 18.5 Å². The summed E-state index contributed by atoms with van der Waals surface area (Å²) in [6.45, 7) is 0. The van der Waals surface area contributed by atoms with Gasteiger partial charge < -0.3 is 5.11 Å².